The van der Waals surface area contributed by atoms with Gasteiger partial charge in [-0.2, -0.15) is 0 Å². The number of pyridine rings is 2. The van der Waals surface area contributed by atoms with Crippen molar-refractivity contribution in [2.24, 2.45) is 11.8 Å². The monoisotopic (exact) mass is 339 g/mol. The van der Waals surface area contributed by atoms with E-state index in [4.69, 9.17) is 5.73 Å². The van der Waals surface area contributed by atoms with Crippen molar-refractivity contribution in [1.82, 2.24) is 9.97 Å². The highest BCUT2D eigenvalue weighted by atomic mass is 16.2. The second-order valence-electron chi connectivity index (χ2n) is 7.36. The first-order valence-electron chi connectivity index (χ1n) is 9.20. The second-order valence-corrected chi connectivity index (χ2v) is 7.36. The van der Waals surface area contributed by atoms with Crippen LogP contribution in [0.4, 0.5) is 17.5 Å². The van der Waals surface area contributed by atoms with Gasteiger partial charge in [0, 0.05) is 30.1 Å². The van der Waals surface area contributed by atoms with E-state index in [9.17, 15) is 4.79 Å². The first-order chi connectivity index (χ1) is 12.1. The molecule has 1 saturated carbocycles. The van der Waals surface area contributed by atoms with E-state index in [2.05, 4.69) is 40.1 Å². The van der Waals surface area contributed by atoms with Crippen LogP contribution in [0.3, 0.4) is 0 Å². The van der Waals surface area contributed by atoms with Gasteiger partial charge in [0.25, 0.3) is 0 Å². The number of carbonyl (C=O) groups excluding carboxylic acids is 1. The lowest BCUT2D eigenvalue weighted by molar-refractivity contribution is -0.117. The van der Waals surface area contributed by atoms with Gasteiger partial charge in [0.2, 0.25) is 5.91 Å². The van der Waals surface area contributed by atoms with Crippen molar-refractivity contribution in [3.8, 4) is 0 Å². The van der Waals surface area contributed by atoms with Crippen LogP contribution in [0.1, 0.15) is 39.5 Å². The highest BCUT2D eigenvalue weighted by Crippen LogP contribution is 2.38. The van der Waals surface area contributed by atoms with E-state index < -0.39 is 0 Å². The van der Waals surface area contributed by atoms with E-state index in [1.165, 1.54) is 12.8 Å². The molecule has 2 fully saturated rings. The van der Waals surface area contributed by atoms with Crippen LogP contribution < -0.4 is 16.0 Å². The number of amides is 1. The van der Waals surface area contributed by atoms with Crippen molar-refractivity contribution < 1.29 is 4.79 Å². The van der Waals surface area contributed by atoms with Crippen molar-refractivity contribution in [2.45, 2.75) is 45.6 Å². The van der Waals surface area contributed by atoms with E-state index in [1.807, 2.05) is 6.07 Å². The maximum absolute atomic E-state index is 12.1. The number of carbonyl (C=O) groups is 1. The molecule has 0 radical (unpaired) electrons. The second kappa shape index (κ2) is 6.17. The number of fused-ring (bicyclic) bond motifs is 1. The van der Waals surface area contributed by atoms with Crippen molar-refractivity contribution in [3.63, 3.8) is 0 Å². The van der Waals surface area contributed by atoms with Gasteiger partial charge in [0.15, 0.2) is 0 Å². The maximum atomic E-state index is 12.1. The van der Waals surface area contributed by atoms with Crippen LogP contribution in [-0.2, 0) is 4.79 Å². The topological polar surface area (TPSA) is 84.1 Å². The first kappa shape index (κ1) is 16.1. The quantitative estimate of drug-likeness (QED) is 0.894. The molecule has 4 rings (SSSR count). The molecular formula is C19H25N5O. The summed E-state index contributed by atoms with van der Waals surface area (Å²) >= 11 is 0. The summed E-state index contributed by atoms with van der Waals surface area (Å²) in [5.74, 6) is 2.68. The van der Waals surface area contributed by atoms with Crippen molar-refractivity contribution in [2.75, 3.05) is 22.5 Å². The first-order valence-corrected chi connectivity index (χ1v) is 9.20. The smallest absolute Gasteiger partial charge is 0.228 e. The molecule has 1 aliphatic heterocycles. The minimum Gasteiger partial charge on any atom is -0.383 e. The lowest BCUT2D eigenvalue weighted by atomic mass is 10.1. The van der Waals surface area contributed by atoms with Gasteiger partial charge >= 0.3 is 0 Å². The largest absolute Gasteiger partial charge is 0.383 e. The van der Waals surface area contributed by atoms with Crippen LogP contribution >= 0.6 is 0 Å². The Balaban J connectivity index is 1.65. The van der Waals surface area contributed by atoms with E-state index in [0.29, 0.717) is 23.6 Å². The Bertz CT molecular complexity index is 821. The summed E-state index contributed by atoms with van der Waals surface area (Å²) in [5, 5.41) is 4.73. The Morgan fingerprint density at radius 3 is 2.96 bits per heavy atom. The minimum absolute atomic E-state index is 0.0622. The minimum atomic E-state index is 0.0622. The molecule has 1 saturated heterocycles. The Kier molecular flexibility index (Phi) is 3.98. The standard InChI is InChI=1S/C19H25N5O/c1-3-13-5-4-6-24(13)17-9-12-8-16(21-10-15(12)18(20)23-17)22-19(25)14-7-11(14)2/h8-11,13-14H,3-7H2,1-2H3,(H2,20,23)(H,21,22,25)/t11-,13?,14+/m0/s1. The average Bonchev–Trinajstić information content (AvgIpc) is 3.14. The summed E-state index contributed by atoms with van der Waals surface area (Å²) in [6, 6.07) is 4.50. The van der Waals surface area contributed by atoms with Gasteiger partial charge in [-0.1, -0.05) is 13.8 Å². The molecule has 132 valence electrons. The molecule has 1 unspecified atom stereocenters. The summed E-state index contributed by atoms with van der Waals surface area (Å²) in [6.07, 6.45) is 6.17. The Hall–Kier alpha value is -2.37. The van der Waals surface area contributed by atoms with Crippen molar-refractivity contribution in [3.05, 3.63) is 18.3 Å². The molecular weight excluding hydrogens is 314 g/mol. The zero-order valence-electron chi connectivity index (χ0n) is 14.8. The number of anilines is 3. The fourth-order valence-corrected chi connectivity index (χ4v) is 3.84. The highest BCUT2D eigenvalue weighted by molar-refractivity contribution is 5.98. The predicted molar refractivity (Wildman–Crippen MR) is 101 cm³/mol. The van der Waals surface area contributed by atoms with Crippen LogP contribution in [0, 0.1) is 11.8 Å². The number of rotatable bonds is 4. The molecule has 1 amide bonds. The molecule has 1 aliphatic carbocycles. The van der Waals surface area contributed by atoms with Gasteiger partial charge in [0.1, 0.15) is 17.5 Å². The van der Waals surface area contributed by atoms with E-state index in [0.717, 1.165) is 36.0 Å². The molecule has 0 bridgehead atoms. The van der Waals surface area contributed by atoms with Gasteiger partial charge in [-0.15, -0.1) is 0 Å². The number of hydrogen-bond donors (Lipinski definition) is 2. The number of nitrogens with two attached hydrogens (primary N) is 1. The fraction of sp³-hybridized carbons (Fsp3) is 0.526. The van der Waals surface area contributed by atoms with Gasteiger partial charge in [0.05, 0.1) is 0 Å². The Morgan fingerprint density at radius 1 is 1.44 bits per heavy atom. The average molecular weight is 339 g/mol. The molecule has 3 N–H and O–H groups in total. The van der Waals surface area contributed by atoms with Crippen LogP contribution in [-0.4, -0.2) is 28.5 Å². The molecule has 2 aromatic heterocycles. The molecule has 0 spiro atoms. The van der Waals surface area contributed by atoms with E-state index in [-0.39, 0.29) is 11.8 Å². The third kappa shape index (κ3) is 3.01. The SMILES string of the molecule is CCC1CCCN1c1cc2cc(NC(=O)[C@@H]3C[C@@H]3C)ncc2c(N)n1. The Morgan fingerprint density at radius 2 is 2.24 bits per heavy atom. The molecule has 2 aromatic rings. The van der Waals surface area contributed by atoms with E-state index in [1.54, 1.807) is 6.20 Å². The van der Waals surface area contributed by atoms with Gasteiger partial charge in [-0.3, -0.25) is 4.79 Å². The molecule has 6 nitrogen and oxygen atoms in total. The summed E-state index contributed by atoms with van der Waals surface area (Å²) < 4.78 is 0. The summed E-state index contributed by atoms with van der Waals surface area (Å²) in [7, 11) is 0. The van der Waals surface area contributed by atoms with Gasteiger partial charge < -0.3 is 16.0 Å². The summed E-state index contributed by atoms with van der Waals surface area (Å²) in [4.78, 5) is 23.4. The fourth-order valence-electron chi connectivity index (χ4n) is 3.84. The molecule has 3 heterocycles. The number of nitrogen functional groups attached to an aromatic ring is 1. The normalized spacial score (nSPS) is 25.4. The van der Waals surface area contributed by atoms with Crippen LogP contribution in [0.25, 0.3) is 10.8 Å². The predicted octanol–water partition coefficient (Wildman–Crippen LogP) is 3.19. The maximum Gasteiger partial charge on any atom is 0.228 e. The summed E-state index contributed by atoms with van der Waals surface area (Å²) in [5.41, 5.74) is 6.17. The lowest BCUT2D eigenvalue weighted by Gasteiger charge is -2.25. The van der Waals surface area contributed by atoms with Gasteiger partial charge in [-0.05, 0) is 49.1 Å². The highest BCUT2D eigenvalue weighted by Gasteiger charge is 2.39. The van der Waals surface area contributed by atoms with Crippen LogP contribution in [0.15, 0.2) is 18.3 Å². The molecule has 2 aliphatic rings. The molecule has 25 heavy (non-hydrogen) atoms. The zero-order valence-corrected chi connectivity index (χ0v) is 14.8. The molecule has 0 aromatic carbocycles. The Labute approximate surface area is 147 Å². The molecule has 3 atom stereocenters. The van der Waals surface area contributed by atoms with Crippen molar-refractivity contribution >= 4 is 34.1 Å². The number of nitrogens with zero attached hydrogens (tertiary/aromatic N) is 3. The summed E-state index contributed by atoms with van der Waals surface area (Å²) in [6.45, 7) is 5.32. The zero-order chi connectivity index (χ0) is 17.6. The number of hydrogen-bond acceptors (Lipinski definition) is 5. The van der Waals surface area contributed by atoms with Crippen LogP contribution in [0.2, 0.25) is 0 Å². The number of aromatic nitrogens is 2. The molecule has 6 heteroatoms. The number of nitrogens with one attached hydrogen (secondary N) is 1. The van der Waals surface area contributed by atoms with Gasteiger partial charge in [-0.25, -0.2) is 9.97 Å². The van der Waals surface area contributed by atoms with Crippen molar-refractivity contribution in [1.29, 1.82) is 0 Å². The van der Waals surface area contributed by atoms with E-state index >= 15 is 0 Å². The third-order valence-corrected chi connectivity index (χ3v) is 5.57. The van der Waals surface area contributed by atoms with Crippen LogP contribution in [0.5, 0.6) is 0 Å². The lowest BCUT2D eigenvalue weighted by Crippen LogP contribution is -2.29. The third-order valence-electron chi connectivity index (χ3n) is 5.57.